The van der Waals surface area contributed by atoms with E-state index in [4.69, 9.17) is 50.5 Å². The van der Waals surface area contributed by atoms with Crippen molar-refractivity contribution in [1.29, 1.82) is 0 Å². The van der Waals surface area contributed by atoms with E-state index in [9.17, 15) is 4.79 Å². The van der Waals surface area contributed by atoms with Crippen LogP contribution in [0.2, 0.25) is 15.1 Å². The minimum atomic E-state index is -0.505. The number of imidazole rings is 1. The minimum Gasteiger partial charge on any atom is -0.369 e. The maximum absolute atomic E-state index is 12.0. The molecule has 2 heterocycles. The van der Waals surface area contributed by atoms with E-state index in [2.05, 4.69) is 20.2 Å². The van der Waals surface area contributed by atoms with Gasteiger partial charge in [0.15, 0.2) is 5.65 Å². The van der Waals surface area contributed by atoms with Crippen molar-refractivity contribution in [2.45, 2.75) is 64.0 Å². The van der Waals surface area contributed by atoms with Crippen LogP contribution in [-0.2, 0) is 4.79 Å². The number of carbonyl (C=O) groups excluding carboxylic acids is 1. The summed E-state index contributed by atoms with van der Waals surface area (Å²) in [5, 5.41) is 7.93. The summed E-state index contributed by atoms with van der Waals surface area (Å²) in [5.41, 5.74) is 7.07. The van der Waals surface area contributed by atoms with Gasteiger partial charge in [0.05, 0.1) is 21.9 Å². The zero-order chi connectivity index (χ0) is 24.0. The molecule has 0 spiro atoms. The van der Waals surface area contributed by atoms with Crippen LogP contribution in [0.5, 0.6) is 0 Å². The van der Waals surface area contributed by atoms with Crippen LogP contribution in [0, 0.1) is 5.41 Å². The van der Waals surface area contributed by atoms with E-state index < -0.39 is 5.41 Å². The molecule has 0 saturated heterocycles. The van der Waals surface area contributed by atoms with E-state index in [0.717, 1.165) is 25.7 Å². The van der Waals surface area contributed by atoms with Crippen molar-refractivity contribution in [2.24, 2.45) is 11.1 Å². The van der Waals surface area contributed by atoms with Crippen LogP contribution in [0.25, 0.3) is 11.2 Å². The van der Waals surface area contributed by atoms with Gasteiger partial charge in [-0.25, -0.2) is 9.97 Å². The molecule has 2 fully saturated rings. The second-order valence-corrected chi connectivity index (χ2v) is 10.8. The molecule has 4 N–H and O–H groups in total. The predicted octanol–water partition coefficient (Wildman–Crippen LogP) is 6.10. The summed E-state index contributed by atoms with van der Waals surface area (Å²) in [6, 6.07) is 3.73. The topological polar surface area (TPSA) is 111 Å². The number of rotatable bonds is 6. The molecule has 0 aliphatic heterocycles. The summed E-state index contributed by atoms with van der Waals surface area (Å²) in [5.74, 6) is 0.892. The summed E-state index contributed by atoms with van der Waals surface area (Å²) in [6.45, 7) is 1.94. The van der Waals surface area contributed by atoms with Gasteiger partial charge in [-0.3, -0.25) is 9.36 Å². The fraction of sp³-hybridized carbons (Fsp3) is 0.478. The van der Waals surface area contributed by atoms with Crippen molar-refractivity contribution >= 4 is 69.5 Å². The van der Waals surface area contributed by atoms with Gasteiger partial charge in [-0.2, -0.15) is 4.98 Å². The molecule has 1 amide bonds. The molecule has 2 aliphatic carbocycles. The number of hydrogen-bond donors (Lipinski definition) is 3. The fourth-order valence-electron chi connectivity index (χ4n) is 4.65. The molecule has 0 bridgehead atoms. The zero-order valence-electron chi connectivity index (χ0n) is 18.7. The highest BCUT2D eigenvalue weighted by Gasteiger charge is 2.37. The Kier molecular flexibility index (Phi) is 6.25. The summed E-state index contributed by atoms with van der Waals surface area (Å²) in [7, 11) is 0. The van der Waals surface area contributed by atoms with Crippen LogP contribution in [0.15, 0.2) is 18.3 Å². The molecular weight excluding hydrogens is 497 g/mol. The Balaban J connectivity index is 1.55. The lowest BCUT2D eigenvalue weighted by Crippen LogP contribution is -2.38. The van der Waals surface area contributed by atoms with Crippen molar-refractivity contribution in [2.75, 3.05) is 10.6 Å². The van der Waals surface area contributed by atoms with Crippen molar-refractivity contribution in [3.63, 3.8) is 0 Å². The Morgan fingerprint density at radius 1 is 1.12 bits per heavy atom. The van der Waals surface area contributed by atoms with Crippen molar-refractivity contribution in [3.8, 4) is 0 Å². The normalized spacial score (nSPS) is 23.0. The number of aromatic nitrogens is 4. The van der Waals surface area contributed by atoms with E-state index in [0.29, 0.717) is 62.7 Å². The third-order valence-electron chi connectivity index (χ3n) is 7.13. The second kappa shape index (κ2) is 9.06. The van der Waals surface area contributed by atoms with Gasteiger partial charge in [0.25, 0.3) is 0 Å². The number of halogens is 3. The first-order chi connectivity index (χ1) is 16.2. The molecule has 2 saturated carbocycles. The van der Waals surface area contributed by atoms with Gasteiger partial charge < -0.3 is 16.4 Å². The van der Waals surface area contributed by atoms with Crippen molar-refractivity contribution in [1.82, 2.24) is 19.5 Å². The third kappa shape index (κ3) is 4.39. The average Bonchev–Trinajstić information content (AvgIpc) is 3.11. The zero-order valence-corrected chi connectivity index (χ0v) is 21.0. The highest BCUT2D eigenvalue weighted by atomic mass is 35.5. The number of fused-ring (bicyclic) bond motifs is 1. The lowest BCUT2D eigenvalue weighted by atomic mass is 9.73. The largest absolute Gasteiger partial charge is 0.369 e. The summed E-state index contributed by atoms with van der Waals surface area (Å²) in [6.07, 6.45) is 8.08. The maximum atomic E-state index is 12.0. The van der Waals surface area contributed by atoms with E-state index in [1.165, 1.54) is 6.42 Å². The van der Waals surface area contributed by atoms with Crippen molar-refractivity contribution in [3.05, 3.63) is 33.4 Å². The number of amides is 1. The van der Waals surface area contributed by atoms with Crippen LogP contribution < -0.4 is 16.4 Å². The maximum Gasteiger partial charge on any atom is 0.224 e. The van der Waals surface area contributed by atoms with E-state index in [1.807, 2.05) is 6.92 Å². The van der Waals surface area contributed by atoms with Gasteiger partial charge in [-0.1, -0.05) is 41.7 Å². The van der Waals surface area contributed by atoms with E-state index >= 15 is 0 Å². The van der Waals surface area contributed by atoms with Crippen LogP contribution in [0.1, 0.15) is 57.9 Å². The summed E-state index contributed by atoms with van der Waals surface area (Å²) in [4.78, 5) is 26.1. The third-order valence-corrected chi connectivity index (χ3v) is 7.95. The molecular formula is C23H26Cl3N7O. The van der Waals surface area contributed by atoms with Gasteiger partial charge in [0.2, 0.25) is 17.8 Å². The molecule has 34 heavy (non-hydrogen) atoms. The number of primary amides is 1. The molecule has 5 rings (SSSR count). The van der Waals surface area contributed by atoms with Crippen LogP contribution in [0.4, 0.5) is 17.6 Å². The molecule has 180 valence electrons. The summed E-state index contributed by atoms with van der Waals surface area (Å²) >= 11 is 19.0. The number of carbonyl (C=O) groups is 1. The van der Waals surface area contributed by atoms with Gasteiger partial charge in [0, 0.05) is 22.5 Å². The standard InChI is InChI=1S/C23H26Cl3N7O/c1-23(20(27)34)7-5-14(6-8-23)33-19-17(11-28-21(32-19)29-13-3-2-4-13)30-22(33)31-18-15(25)9-12(24)10-16(18)26/h9-11,13-14H,2-8H2,1H3,(H2,27,34)(H,30,31)(H,28,29,32). The molecule has 2 aromatic heterocycles. The van der Waals surface area contributed by atoms with Crippen LogP contribution in [-0.4, -0.2) is 31.5 Å². The summed E-state index contributed by atoms with van der Waals surface area (Å²) < 4.78 is 2.07. The Bertz CT molecular complexity index is 1230. The lowest BCUT2D eigenvalue weighted by molar-refractivity contribution is -0.128. The van der Waals surface area contributed by atoms with Gasteiger partial charge >= 0.3 is 0 Å². The molecule has 8 nitrogen and oxygen atoms in total. The van der Waals surface area contributed by atoms with Gasteiger partial charge in [-0.15, -0.1) is 0 Å². The first-order valence-corrected chi connectivity index (χ1v) is 12.6. The average molecular weight is 523 g/mol. The molecule has 11 heteroatoms. The van der Waals surface area contributed by atoms with Gasteiger partial charge in [0.1, 0.15) is 5.52 Å². The van der Waals surface area contributed by atoms with Crippen LogP contribution >= 0.6 is 34.8 Å². The minimum absolute atomic E-state index is 0.0660. The number of anilines is 3. The Labute approximate surface area is 212 Å². The molecule has 0 unspecified atom stereocenters. The molecule has 0 radical (unpaired) electrons. The van der Waals surface area contributed by atoms with Gasteiger partial charge in [-0.05, 0) is 57.1 Å². The number of benzene rings is 1. The molecule has 0 atom stereocenters. The molecule has 2 aliphatic rings. The monoisotopic (exact) mass is 521 g/mol. The Morgan fingerprint density at radius 3 is 2.38 bits per heavy atom. The number of hydrogen-bond acceptors (Lipinski definition) is 6. The predicted molar refractivity (Wildman–Crippen MR) is 136 cm³/mol. The second-order valence-electron chi connectivity index (χ2n) is 9.51. The number of nitrogens with zero attached hydrogens (tertiary/aromatic N) is 4. The lowest BCUT2D eigenvalue weighted by Gasteiger charge is -2.35. The Hall–Kier alpha value is -2.29. The number of nitrogens with two attached hydrogens (primary N) is 1. The fourth-order valence-corrected chi connectivity index (χ4v) is 5.56. The van der Waals surface area contributed by atoms with E-state index in [1.54, 1.807) is 18.3 Å². The first kappa shape index (κ1) is 23.5. The highest BCUT2D eigenvalue weighted by Crippen LogP contribution is 2.44. The quantitative estimate of drug-likeness (QED) is 0.361. The first-order valence-electron chi connectivity index (χ1n) is 11.5. The molecule has 3 aromatic rings. The van der Waals surface area contributed by atoms with E-state index in [-0.39, 0.29) is 11.9 Å². The number of nitrogens with one attached hydrogen (secondary N) is 2. The van der Waals surface area contributed by atoms with Crippen LogP contribution in [0.3, 0.4) is 0 Å². The molecule has 1 aromatic carbocycles. The highest BCUT2D eigenvalue weighted by molar-refractivity contribution is 6.41. The smallest absolute Gasteiger partial charge is 0.224 e. The SMILES string of the molecule is CC1(C(N)=O)CCC(n2c(Nc3c(Cl)cc(Cl)cc3Cl)nc3cnc(NC4CCC4)nc32)CC1. The Morgan fingerprint density at radius 2 is 1.79 bits per heavy atom. The van der Waals surface area contributed by atoms with Crippen molar-refractivity contribution < 1.29 is 4.79 Å².